The Morgan fingerprint density at radius 1 is 1.38 bits per heavy atom. The number of thiocarbonyl (C=S) groups is 1. The van der Waals surface area contributed by atoms with Crippen LogP contribution in [0.15, 0.2) is 0 Å². The molecule has 1 amide bonds. The first-order valence-electron chi connectivity index (χ1n) is 6.01. The van der Waals surface area contributed by atoms with Gasteiger partial charge in [0, 0.05) is 17.9 Å². The van der Waals surface area contributed by atoms with E-state index >= 15 is 0 Å². The van der Waals surface area contributed by atoms with Crippen molar-refractivity contribution in [1.82, 2.24) is 5.32 Å². The summed E-state index contributed by atoms with van der Waals surface area (Å²) in [5.74, 6) is 0.375. The minimum Gasteiger partial charge on any atom is -0.393 e. The topological polar surface area (TPSA) is 55.1 Å². The number of nitrogens with one attached hydrogen (secondary N) is 1. The number of amides is 1. The molecule has 0 aliphatic heterocycles. The van der Waals surface area contributed by atoms with Gasteiger partial charge in [-0.25, -0.2) is 0 Å². The Bertz CT molecular complexity index is 270. The molecule has 3 N–H and O–H groups in total. The van der Waals surface area contributed by atoms with E-state index in [4.69, 9.17) is 18.0 Å². The first-order chi connectivity index (χ1) is 7.43. The molecule has 0 atom stereocenters. The van der Waals surface area contributed by atoms with E-state index in [1.807, 2.05) is 13.8 Å². The fourth-order valence-corrected chi connectivity index (χ4v) is 1.98. The summed E-state index contributed by atoms with van der Waals surface area (Å²) in [5, 5.41) is 2.97. The van der Waals surface area contributed by atoms with Crippen LogP contribution in [0.25, 0.3) is 0 Å². The van der Waals surface area contributed by atoms with Crippen molar-refractivity contribution in [3.05, 3.63) is 0 Å². The fourth-order valence-electron chi connectivity index (χ4n) is 1.90. The molecular weight excluding hydrogens is 220 g/mol. The van der Waals surface area contributed by atoms with E-state index in [1.165, 1.54) is 19.3 Å². The summed E-state index contributed by atoms with van der Waals surface area (Å²) in [5.41, 5.74) is 5.32. The van der Waals surface area contributed by atoms with Crippen LogP contribution in [0.1, 0.15) is 46.0 Å². The maximum atomic E-state index is 11.9. The lowest BCUT2D eigenvalue weighted by Gasteiger charge is -2.26. The van der Waals surface area contributed by atoms with Gasteiger partial charge in [0.25, 0.3) is 0 Å². The third-order valence-corrected chi connectivity index (χ3v) is 3.90. The van der Waals surface area contributed by atoms with Gasteiger partial charge in [0.15, 0.2) is 0 Å². The highest BCUT2D eigenvalue weighted by atomic mass is 32.1. The highest BCUT2D eigenvalue weighted by Crippen LogP contribution is 2.24. The maximum absolute atomic E-state index is 11.9. The lowest BCUT2D eigenvalue weighted by Crippen LogP contribution is -2.43. The Morgan fingerprint density at radius 3 is 2.44 bits per heavy atom. The molecule has 4 heteroatoms. The van der Waals surface area contributed by atoms with Crippen LogP contribution in [0.3, 0.4) is 0 Å². The zero-order valence-corrected chi connectivity index (χ0v) is 11.0. The molecule has 0 bridgehead atoms. The van der Waals surface area contributed by atoms with Crippen molar-refractivity contribution in [1.29, 1.82) is 0 Å². The van der Waals surface area contributed by atoms with Crippen LogP contribution in [0.2, 0.25) is 0 Å². The van der Waals surface area contributed by atoms with Crippen LogP contribution < -0.4 is 11.1 Å². The first-order valence-corrected chi connectivity index (χ1v) is 6.42. The van der Waals surface area contributed by atoms with E-state index in [-0.39, 0.29) is 17.2 Å². The summed E-state index contributed by atoms with van der Waals surface area (Å²) in [6.45, 7) is 4.45. The van der Waals surface area contributed by atoms with Crippen molar-refractivity contribution in [3.63, 3.8) is 0 Å². The molecule has 92 valence electrons. The molecule has 1 aliphatic carbocycles. The molecule has 0 aromatic heterocycles. The predicted octanol–water partition coefficient (Wildman–Crippen LogP) is 2.00. The Morgan fingerprint density at radius 2 is 1.94 bits per heavy atom. The van der Waals surface area contributed by atoms with E-state index in [9.17, 15) is 4.79 Å². The third kappa shape index (κ3) is 3.74. The molecule has 0 heterocycles. The van der Waals surface area contributed by atoms with Crippen LogP contribution in [0, 0.1) is 11.3 Å². The molecule has 1 aliphatic rings. The van der Waals surface area contributed by atoms with Crippen LogP contribution >= 0.6 is 12.2 Å². The van der Waals surface area contributed by atoms with Gasteiger partial charge in [0.05, 0.1) is 4.99 Å². The maximum Gasteiger partial charge on any atom is 0.223 e. The molecule has 1 rings (SSSR count). The lowest BCUT2D eigenvalue weighted by molar-refractivity contribution is -0.126. The average Bonchev–Trinajstić information content (AvgIpc) is 2.27. The third-order valence-electron chi connectivity index (χ3n) is 3.35. The molecule has 16 heavy (non-hydrogen) atoms. The van der Waals surface area contributed by atoms with Gasteiger partial charge >= 0.3 is 0 Å². The second-order valence-electron chi connectivity index (χ2n) is 5.30. The molecule has 3 nitrogen and oxygen atoms in total. The minimum absolute atomic E-state index is 0.170. The smallest absolute Gasteiger partial charge is 0.223 e. The second-order valence-corrected chi connectivity index (χ2v) is 5.74. The highest BCUT2D eigenvalue weighted by Gasteiger charge is 2.25. The second kappa shape index (κ2) is 5.62. The van der Waals surface area contributed by atoms with E-state index in [0.29, 0.717) is 11.5 Å². The fraction of sp³-hybridized carbons (Fsp3) is 0.833. The van der Waals surface area contributed by atoms with Crippen LogP contribution in [-0.2, 0) is 4.79 Å². The molecular formula is C12H22N2OS. The monoisotopic (exact) mass is 242 g/mol. The molecule has 0 radical (unpaired) electrons. The van der Waals surface area contributed by atoms with Crippen molar-refractivity contribution in [2.75, 3.05) is 6.54 Å². The molecule has 0 aromatic carbocycles. The summed E-state index contributed by atoms with van der Waals surface area (Å²) in [7, 11) is 0. The molecule has 0 aromatic rings. The summed E-state index contributed by atoms with van der Waals surface area (Å²) in [6, 6.07) is 0. The van der Waals surface area contributed by atoms with Crippen molar-refractivity contribution >= 4 is 23.1 Å². The number of carbonyl (C=O) groups excluding carboxylic acids is 1. The molecule has 0 saturated heterocycles. The predicted molar refractivity (Wildman–Crippen MR) is 70.2 cm³/mol. The van der Waals surface area contributed by atoms with E-state index in [2.05, 4.69) is 5.32 Å². The zero-order valence-electron chi connectivity index (χ0n) is 10.2. The molecule has 1 fully saturated rings. The van der Waals surface area contributed by atoms with Gasteiger partial charge in [-0.1, -0.05) is 45.3 Å². The number of nitrogens with two attached hydrogens (primary N) is 1. The van der Waals surface area contributed by atoms with Crippen molar-refractivity contribution in [2.45, 2.75) is 46.0 Å². The number of carbonyl (C=O) groups is 1. The number of hydrogen-bond donors (Lipinski definition) is 2. The average molecular weight is 242 g/mol. The summed E-state index contributed by atoms with van der Waals surface area (Å²) in [6.07, 6.45) is 5.67. The number of hydrogen-bond acceptors (Lipinski definition) is 2. The Labute approximate surface area is 103 Å². The summed E-state index contributed by atoms with van der Waals surface area (Å²) >= 11 is 4.97. The minimum atomic E-state index is -0.292. The normalized spacial score (nSPS) is 18.1. The van der Waals surface area contributed by atoms with Gasteiger partial charge in [0.1, 0.15) is 0 Å². The van der Waals surface area contributed by atoms with Crippen LogP contribution in [0.4, 0.5) is 0 Å². The molecule has 0 unspecified atom stereocenters. The largest absolute Gasteiger partial charge is 0.393 e. The Hall–Kier alpha value is -0.640. The quantitative estimate of drug-likeness (QED) is 0.741. The van der Waals surface area contributed by atoms with Crippen LogP contribution in [-0.4, -0.2) is 17.4 Å². The lowest BCUT2D eigenvalue weighted by atomic mass is 9.88. The van der Waals surface area contributed by atoms with Crippen molar-refractivity contribution in [2.24, 2.45) is 17.1 Å². The number of rotatable bonds is 4. The van der Waals surface area contributed by atoms with Gasteiger partial charge in [0.2, 0.25) is 5.91 Å². The Balaban J connectivity index is 2.37. The highest BCUT2D eigenvalue weighted by molar-refractivity contribution is 7.80. The van der Waals surface area contributed by atoms with Crippen molar-refractivity contribution in [3.8, 4) is 0 Å². The van der Waals surface area contributed by atoms with E-state index in [1.54, 1.807) is 0 Å². The van der Waals surface area contributed by atoms with E-state index < -0.39 is 0 Å². The van der Waals surface area contributed by atoms with Crippen molar-refractivity contribution < 1.29 is 4.79 Å². The Kier molecular flexibility index (Phi) is 4.71. The SMILES string of the molecule is CC(C)(CNC(=O)C1CCCCC1)C(N)=S. The standard InChI is InChI=1S/C12H22N2OS/c1-12(2,11(13)16)8-14-10(15)9-6-4-3-5-7-9/h9H,3-8H2,1-2H3,(H2,13,16)(H,14,15). The van der Waals surface area contributed by atoms with Gasteiger partial charge < -0.3 is 11.1 Å². The van der Waals surface area contributed by atoms with Crippen LogP contribution in [0.5, 0.6) is 0 Å². The van der Waals surface area contributed by atoms with Gasteiger partial charge in [-0.2, -0.15) is 0 Å². The molecule has 1 saturated carbocycles. The van der Waals surface area contributed by atoms with Gasteiger partial charge in [-0.15, -0.1) is 0 Å². The summed E-state index contributed by atoms with van der Waals surface area (Å²) in [4.78, 5) is 12.3. The van der Waals surface area contributed by atoms with Gasteiger partial charge in [-0.05, 0) is 12.8 Å². The van der Waals surface area contributed by atoms with Gasteiger partial charge in [-0.3, -0.25) is 4.79 Å². The zero-order chi connectivity index (χ0) is 12.2. The summed E-state index contributed by atoms with van der Waals surface area (Å²) < 4.78 is 0. The first kappa shape index (κ1) is 13.4. The van der Waals surface area contributed by atoms with E-state index in [0.717, 1.165) is 12.8 Å². The molecule has 0 spiro atoms.